The van der Waals surface area contributed by atoms with Gasteiger partial charge in [-0.2, -0.15) is 0 Å². The van der Waals surface area contributed by atoms with E-state index in [0.29, 0.717) is 5.92 Å². The van der Waals surface area contributed by atoms with Crippen LogP contribution in [0.4, 0.5) is 0 Å². The predicted octanol–water partition coefficient (Wildman–Crippen LogP) is 2.57. The van der Waals surface area contributed by atoms with Gasteiger partial charge in [0, 0.05) is 18.0 Å². The lowest BCUT2D eigenvalue weighted by atomic mass is 9.93. The van der Waals surface area contributed by atoms with Crippen LogP contribution in [0, 0.1) is 11.8 Å². The number of nitrogens with zero attached hydrogens (tertiary/aromatic N) is 1. The molecular formula is C11H20N2S. The molecule has 0 fully saturated rings. The normalized spacial score (nSPS) is 15.4. The standard InChI is InChI=1S/C11H20N2S/c1-4-12-8-10(3)9(2)7-11-13-5-6-14-11/h5-6,9-10,12H,4,7-8H2,1-3H3. The van der Waals surface area contributed by atoms with Crippen LogP contribution in [0.5, 0.6) is 0 Å². The smallest absolute Gasteiger partial charge is 0.0927 e. The minimum Gasteiger partial charge on any atom is -0.317 e. The van der Waals surface area contributed by atoms with E-state index in [4.69, 9.17) is 0 Å². The maximum absolute atomic E-state index is 4.32. The second-order valence-corrected chi connectivity index (χ2v) is 4.87. The maximum Gasteiger partial charge on any atom is 0.0927 e. The summed E-state index contributed by atoms with van der Waals surface area (Å²) in [6, 6.07) is 0. The van der Waals surface area contributed by atoms with E-state index in [0.717, 1.165) is 25.4 Å². The first kappa shape index (κ1) is 11.7. The van der Waals surface area contributed by atoms with Crippen molar-refractivity contribution in [3.63, 3.8) is 0 Å². The average molecular weight is 212 g/mol. The Balaban J connectivity index is 2.30. The summed E-state index contributed by atoms with van der Waals surface area (Å²) in [4.78, 5) is 4.32. The number of hydrogen-bond donors (Lipinski definition) is 1. The molecule has 0 spiro atoms. The van der Waals surface area contributed by atoms with Crippen LogP contribution in [0.25, 0.3) is 0 Å². The van der Waals surface area contributed by atoms with Gasteiger partial charge in [-0.15, -0.1) is 11.3 Å². The van der Waals surface area contributed by atoms with Gasteiger partial charge in [0.2, 0.25) is 0 Å². The third-order valence-corrected chi connectivity index (χ3v) is 3.47. The molecule has 0 bridgehead atoms. The van der Waals surface area contributed by atoms with Crippen molar-refractivity contribution in [3.8, 4) is 0 Å². The van der Waals surface area contributed by atoms with Crippen LogP contribution in [-0.4, -0.2) is 18.1 Å². The van der Waals surface area contributed by atoms with Crippen molar-refractivity contribution in [1.82, 2.24) is 10.3 Å². The summed E-state index contributed by atoms with van der Waals surface area (Å²) in [6.45, 7) is 8.94. The van der Waals surface area contributed by atoms with Crippen LogP contribution in [-0.2, 0) is 6.42 Å². The van der Waals surface area contributed by atoms with E-state index in [9.17, 15) is 0 Å². The molecule has 1 aromatic heterocycles. The lowest BCUT2D eigenvalue weighted by Gasteiger charge is -2.18. The Hall–Kier alpha value is -0.410. The van der Waals surface area contributed by atoms with Gasteiger partial charge in [-0.25, -0.2) is 4.98 Å². The number of nitrogens with one attached hydrogen (secondary N) is 1. The lowest BCUT2D eigenvalue weighted by molar-refractivity contribution is 0.368. The summed E-state index contributed by atoms with van der Waals surface area (Å²) >= 11 is 1.76. The summed E-state index contributed by atoms with van der Waals surface area (Å²) in [5, 5.41) is 6.71. The van der Waals surface area contributed by atoms with Crippen molar-refractivity contribution >= 4 is 11.3 Å². The quantitative estimate of drug-likeness (QED) is 0.784. The average Bonchev–Trinajstić information content (AvgIpc) is 2.66. The summed E-state index contributed by atoms with van der Waals surface area (Å²) in [6.07, 6.45) is 3.01. The minimum absolute atomic E-state index is 0.709. The summed E-state index contributed by atoms with van der Waals surface area (Å²) in [5.41, 5.74) is 0. The molecule has 80 valence electrons. The molecule has 0 amide bonds. The maximum atomic E-state index is 4.32. The van der Waals surface area contributed by atoms with Crippen LogP contribution in [0.15, 0.2) is 11.6 Å². The third-order valence-electron chi connectivity index (χ3n) is 2.67. The van der Waals surface area contributed by atoms with E-state index in [1.165, 1.54) is 5.01 Å². The van der Waals surface area contributed by atoms with E-state index in [1.807, 2.05) is 6.20 Å². The molecule has 1 N–H and O–H groups in total. The van der Waals surface area contributed by atoms with Crippen molar-refractivity contribution in [2.24, 2.45) is 11.8 Å². The molecule has 1 rings (SSSR count). The molecule has 2 atom stereocenters. The number of thiazole rings is 1. The number of hydrogen-bond acceptors (Lipinski definition) is 3. The Morgan fingerprint density at radius 1 is 1.43 bits per heavy atom. The SMILES string of the molecule is CCNCC(C)C(C)Cc1nccs1. The molecular weight excluding hydrogens is 192 g/mol. The highest BCUT2D eigenvalue weighted by Crippen LogP contribution is 2.17. The zero-order valence-corrected chi connectivity index (χ0v) is 10.1. The minimum atomic E-state index is 0.709. The van der Waals surface area contributed by atoms with Gasteiger partial charge >= 0.3 is 0 Å². The molecule has 0 saturated heterocycles. The predicted molar refractivity (Wildman–Crippen MR) is 62.7 cm³/mol. The van der Waals surface area contributed by atoms with Crippen molar-refractivity contribution < 1.29 is 0 Å². The Morgan fingerprint density at radius 3 is 2.79 bits per heavy atom. The van der Waals surface area contributed by atoms with Crippen molar-refractivity contribution in [2.45, 2.75) is 27.2 Å². The molecule has 2 nitrogen and oxygen atoms in total. The van der Waals surface area contributed by atoms with Crippen LogP contribution in [0.3, 0.4) is 0 Å². The number of aromatic nitrogens is 1. The van der Waals surface area contributed by atoms with Gasteiger partial charge in [-0.05, 0) is 24.9 Å². The van der Waals surface area contributed by atoms with E-state index in [2.05, 4.69) is 36.5 Å². The molecule has 0 aromatic carbocycles. The Morgan fingerprint density at radius 2 is 2.21 bits per heavy atom. The highest BCUT2D eigenvalue weighted by Gasteiger charge is 2.13. The highest BCUT2D eigenvalue weighted by atomic mass is 32.1. The zero-order chi connectivity index (χ0) is 10.4. The first-order valence-electron chi connectivity index (χ1n) is 5.33. The van der Waals surface area contributed by atoms with E-state index < -0.39 is 0 Å². The molecule has 2 unspecified atom stereocenters. The van der Waals surface area contributed by atoms with Gasteiger partial charge in [-0.3, -0.25) is 0 Å². The molecule has 0 saturated carbocycles. The number of rotatable bonds is 6. The topological polar surface area (TPSA) is 24.9 Å². The van der Waals surface area contributed by atoms with Gasteiger partial charge < -0.3 is 5.32 Å². The summed E-state index contributed by atoms with van der Waals surface area (Å²) < 4.78 is 0. The van der Waals surface area contributed by atoms with E-state index in [1.54, 1.807) is 11.3 Å². The van der Waals surface area contributed by atoms with Gasteiger partial charge in [0.05, 0.1) is 5.01 Å². The first-order chi connectivity index (χ1) is 6.74. The fourth-order valence-electron chi connectivity index (χ4n) is 1.40. The molecule has 0 radical (unpaired) electrons. The molecule has 1 aromatic rings. The highest BCUT2D eigenvalue weighted by molar-refractivity contribution is 7.09. The van der Waals surface area contributed by atoms with Crippen LogP contribution >= 0.6 is 11.3 Å². The zero-order valence-electron chi connectivity index (χ0n) is 9.29. The second kappa shape index (κ2) is 6.14. The fourth-order valence-corrected chi connectivity index (χ4v) is 2.16. The van der Waals surface area contributed by atoms with Crippen LogP contribution < -0.4 is 5.32 Å². The Bertz CT molecular complexity index is 233. The van der Waals surface area contributed by atoms with E-state index in [-0.39, 0.29) is 0 Å². The van der Waals surface area contributed by atoms with Gasteiger partial charge in [0.1, 0.15) is 0 Å². The third kappa shape index (κ3) is 3.76. The summed E-state index contributed by atoms with van der Waals surface area (Å²) in [7, 11) is 0. The monoisotopic (exact) mass is 212 g/mol. The largest absolute Gasteiger partial charge is 0.317 e. The first-order valence-corrected chi connectivity index (χ1v) is 6.21. The van der Waals surface area contributed by atoms with Crippen molar-refractivity contribution in [3.05, 3.63) is 16.6 Å². The molecule has 0 aliphatic carbocycles. The van der Waals surface area contributed by atoms with Gasteiger partial charge in [0.15, 0.2) is 0 Å². The fraction of sp³-hybridized carbons (Fsp3) is 0.727. The molecule has 0 aliphatic rings. The van der Waals surface area contributed by atoms with Gasteiger partial charge in [0.25, 0.3) is 0 Å². The van der Waals surface area contributed by atoms with E-state index >= 15 is 0 Å². The molecule has 14 heavy (non-hydrogen) atoms. The molecule has 3 heteroatoms. The lowest BCUT2D eigenvalue weighted by Crippen LogP contribution is -2.25. The van der Waals surface area contributed by atoms with Crippen molar-refractivity contribution in [1.29, 1.82) is 0 Å². The van der Waals surface area contributed by atoms with Crippen LogP contribution in [0.1, 0.15) is 25.8 Å². The van der Waals surface area contributed by atoms with Crippen molar-refractivity contribution in [2.75, 3.05) is 13.1 Å². The molecule has 1 heterocycles. The summed E-state index contributed by atoms with van der Waals surface area (Å²) in [5.74, 6) is 1.43. The van der Waals surface area contributed by atoms with Gasteiger partial charge in [-0.1, -0.05) is 20.8 Å². The molecule has 0 aliphatic heterocycles. The Labute approximate surface area is 90.8 Å². The Kier molecular flexibility index (Phi) is 5.12. The van der Waals surface area contributed by atoms with Crippen LogP contribution in [0.2, 0.25) is 0 Å². The second-order valence-electron chi connectivity index (χ2n) is 3.89.